The van der Waals surface area contributed by atoms with Crippen molar-refractivity contribution in [3.8, 4) is 0 Å². The molecule has 164 valence electrons. The standard InChI is InChI=1S/C23H27ClN4O3/c24-18-7-5-17(6-8-18)22(29)26-19-12-20(23(30)31)21(25-13-19)28-11-3-4-16(15-28)14-27-9-1-2-10-27/h5-8,12-13,16H,1-4,9-11,14-15H2,(H,26,29)(H,30,31). The summed E-state index contributed by atoms with van der Waals surface area (Å²) in [5, 5.41) is 13.1. The molecule has 2 aromatic rings. The molecule has 1 amide bonds. The van der Waals surface area contributed by atoms with E-state index in [1.807, 2.05) is 0 Å². The number of piperidine rings is 1. The number of anilines is 2. The van der Waals surface area contributed by atoms with Crippen LogP contribution in [0.3, 0.4) is 0 Å². The average molecular weight is 443 g/mol. The number of nitrogens with zero attached hydrogens (tertiary/aromatic N) is 3. The number of carbonyl (C=O) groups is 2. The minimum atomic E-state index is -1.05. The summed E-state index contributed by atoms with van der Waals surface area (Å²) in [6.07, 6.45) is 6.24. The Morgan fingerprint density at radius 3 is 2.58 bits per heavy atom. The second-order valence-corrected chi connectivity index (χ2v) is 8.76. The summed E-state index contributed by atoms with van der Waals surface area (Å²) < 4.78 is 0. The van der Waals surface area contributed by atoms with Gasteiger partial charge in [-0.15, -0.1) is 0 Å². The van der Waals surface area contributed by atoms with Crippen LogP contribution in [-0.4, -0.2) is 59.6 Å². The summed E-state index contributed by atoms with van der Waals surface area (Å²) in [7, 11) is 0. The molecule has 7 nitrogen and oxygen atoms in total. The van der Waals surface area contributed by atoms with Gasteiger partial charge in [0.1, 0.15) is 11.4 Å². The molecule has 1 aromatic heterocycles. The summed E-state index contributed by atoms with van der Waals surface area (Å²) in [4.78, 5) is 33.5. The number of rotatable bonds is 6. The molecule has 8 heteroatoms. The van der Waals surface area contributed by atoms with Crippen LogP contribution in [0.4, 0.5) is 11.5 Å². The molecule has 0 bridgehead atoms. The predicted octanol–water partition coefficient (Wildman–Crippen LogP) is 4.00. The van der Waals surface area contributed by atoms with Crippen molar-refractivity contribution in [3.05, 3.63) is 52.7 Å². The van der Waals surface area contributed by atoms with Crippen molar-refractivity contribution in [3.63, 3.8) is 0 Å². The fourth-order valence-corrected chi connectivity index (χ4v) is 4.60. The molecular weight excluding hydrogens is 416 g/mol. The fraction of sp³-hybridized carbons (Fsp3) is 0.435. The minimum absolute atomic E-state index is 0.107. The molecule has 1 atom stereocenters. The quantitative estimate of drug-likeness (QED) is 0.703. The number of nitrogens with one attached hydrogen (secondary N) is 1. The number of carbonyl (C=O) groups excluding carboxylic acids is 1. The highest BCUT2D eigenvalue weighted by Crippen LogP contribution is 2.28. The first-order valence-corrected chi connectivity index (χ1v) is 11.1. The molecule has 3 heterocycles. The number of benzene rings is 1. The third-order valence-electron chi connectivity index (χ3n) is 5.99. The van der Waals surface area contributed by atoms with E-state index in [0.717, 1.165) is 45.6 Å². The summed E-state index contributed by atoms with van der Waals surface area (Å²) in [5.74, 6) is -0.402. The number of likely N-dealkylation sites (tertiary alicyclic amines) is 1. The van der Waals surface area contributed by atoms with E-state index >= 15 is 0 Å². The maximum atomic E-state index is 12.5. The first kappa shape index (κ1) is 21.6. The Morgan fingerprint density at radius 1 is 1.13 bits per heavy atom. The van der Waals surface area contributed by atoms with Gasteiger partial charge in [-0.05, 0) is 75.0 Å². The number of halogens is 1. The first-order chi connectivity index (χ1) is 15.0. The van der Waals surface area contributed by atoms with Gasteiger partial charge in [0, 0.05) is 30.2 Å². The number of carboxylic acids is 1. The van der Waals surface area contributed by atoms with E-state index in [9.17, 15) is 14.7 Å². The lowest BCUT2D eigenvalue weighted by Crippen LogP contribution is -2.41. The van der Waals surface area contributed by atoms with Crippen LogP contribution in [0.5, 0.6) is 0 Å². The monoisotopic (exact) mass is 442 g/mol. The third kappa shape index (κ3) is 5.35. The zero-order valence-electron chi connectivity index (χ0n) is 17.4. The maximum Gasteiger partial charge on any atom is 0.339 e. The first-order valence-electron chi connectivity index (χ1n) is 10.8. The Morgan fingerprint density at radius 2 is 1.87 bits per heavy atom. The zero-order valence-corrected chi connectivity index (χ0v) is 18.1. The summed E-state index contributed by atoms with van der Waals surface area (Å²) in [6.45, 7) is 4.99. The molecule has 31 heavy (non-hydrogen) atoms. The molecule has 2 saturated heterocycles. The van der Waals surface area contributed by atoms with E-state index in [1.54, 1.807) is 24.3 Å². The van der Waals surface area contributed by atoms with Gasteiger partial charge >= 0.3 is 5.97 Å². The minimum Gasteiger partial charge on any atom is -0.478 e. The highest BCUT2D eigenvalue weighted by molar-refractivity contribution is 6.30. The molecule has 4 rings (SSSR count). The van der Waals surface area contributed by atoms with E-state index < -0.39 is 5.97 Å². The Kier molecular flexibility index (Phi) is 6.73. The van der Waals surface area contributed by atoms with E-state index in [2.05, 4.69) is 20.1 Å². The van der Waals surface area contributed by atoms with Crippen molar-refractivity contribution < 1.29 is 14.7 Å². The van der Waals surface area contributed by atoms with Crippen LogP contribution in [0, 0.1) is 5.92 Å². The molecule has 2 aliphatic heterocycles. The largest absolute Gasteiger partial charge is 0.478 e. The van der Waals surface area contributed by atoms with Gasteiger partial charge in [0.2, 0.25) is 0 Å². The summed E-state index contributed by atoms with van der Waals surface area (Å²) >= 11 is 5.87. The van der Waals surface area contributed by atoms with Crippen LogP contribution in [0.25, 0.3) is 0 Å². The average Bonchev–Trinajstić information content (AvgIpc) is 3.27. The fourth-order valence-electron chi connectivity index (χ4n) is 4.48. The summed E-state index contributed by atoms with van der Waals surface area (Å²) in [5.41, 5.74) is 0.897. The molecule has 0 radical (unpaired) electrons. The molecule has 2 fully saturated rings. The number of carboxylic acid groups (broad SMARTS) is 1. The van der Waals surface area contributed by atoms with Gasteiger partial charge in [-0.3, -0.25) is 4.79 Å². The third-order valence-corrected chi connectivity index (χ3v) is 6.25. The van der Waals surface area contributed by atoms with Crippen LogP contribution in [0.2, 0.25) is 5.02 Å². The van der Waals surface area contributed by atoms with E-state index in [0.29, 0.717) is 28.0 Å². The van der Waals surface area contributed by atoms with E-state index in [-0.39, 0.29) is 11.5 Å². The van der Waals surface area contributed by atoms with Crippen LogP contribution in [0.1, 0.15) is 46.4 Å². The van der Waals surface area contributed by atoms with Gasteiger partial charge in [-0.1, -0.05) is 11.6 Å². The Balaban J connectivity index is 1.48. The molecule has 1 unspecified atom stereocenters. The predicted molar refractivity (Wildman–Crippen MR) is 121 cm³/mol. The van der Waals surface area contributed by atoms with Gasteiger partial charge < -0.3 is 20.2 Å². The Hall–Kier alpha value is -2.64. The summed E-state index contributed by atoms with van der Waals surface area (Å²) in [6, 6.07) is 7.99. The number of aromatic nitrogens is 1. The normalized spacial score (nSPS) is 19.4. The Bertz CT molecular complexity index is 944. The van der Waals surface area contributed by atoms with E-state index in [1.165, 1.54) is 25.1 Å². The van der Waals surface area contributed by atoms with Crippen LogP contribution in [-0.2, 0) is 0 Å². The van der Waals surface area contributed by atoms with Gasteiger partial charge in [0.25, 0.3) is 5.91 Å². The zero-order chi connectivity index (χ0) is 21.8. The molecule has 0 saturated carbocycles. The number of aromatic carboxylic acids is 1. The second-order valence-electron chi connectivity index (χ2n) is 8.32. The van der Waals surface area contributed by atoms with Crippen LogP contribution < -0.4 is 10.2 Å². The highest BCUT2D eigenvalue weighted by Gasteiger charge is 2.27. The maximum absolute atomic E-state index is 12.5. The highest BCUT2D eigenvalue weighted by atomic mass is 35.5. The number of amides is 1. The molecule has 0 spiro atoms. The van der Waals surface area contributed by atoms with E-state index in [4.69, 9.17) is 11.6 Å². The molecule has 2 aliphatic rings. The second kappa shape index (κ2) is 9.66. The van der Waals surface area contributed by atoms with Crippen molar-refractivity contribution in [1.29, 1.82) is 0 Å². The van der Waals surface area contributed by atoms with Gasteiger partial charge in [0.15, 0.2) is 0 Å². The van der Waals surface area contributed by atoms with Crippen LogP contribution >= 0.6 is 11.6 Å². The number of hydrogen-bond acceptors (Lipinski definition) is 5. The molecular formula is C23H27ClN4O3. The van der Waals surface area contributed by atoms with Crippen molar-refractivity contribution in [1.82, 2.24) is 9.88 Å². The van der Waals surface area contributed by atoms with Crippen molar-refractivity contribution in [2.24, 2.45) is 5.92 Å². The molecule has 2 N–H and O–H groups in total. The lowest BCUT2D eigenvalue weighted by atomic mass is 9.97. The van der Waals surface area contributed by atoms with Crippen molar-refractivity contribution in [2.45, 2.75) is 25.7 Å². The molecule has 0 aliphatic carbocycles. The smallest absolute Gasteiger partial charge is 0.339 e. The van der Waals surface area contributed by atoms with Gasteiger partial charge in [-0.2, -0.15) is 0 Å². The van der Waals surface area contributed by atoms with Crippen LogP contribution in [0.15, 0.2) is 36.5 Å². The lowest BCUT2D eigenvalue weighted by Gasteiger charge is -2.36. The number of pyridine rings is 1. The number of hydrogen-bond donors (Lipinski definition) is 2. The topological polar surface area (TPSA) is 85.8 Å². The SMILES string of the molecule is O=C(Nc1cnc(N2CCCC(CN3CCCC3)C2)c(C(=O)O)c1)c1ccc(Cl)cc1. The van der Waals surface area contributed by atoms with Crippen molar-refractivity contribution >= 4 is 35.0 Å². The van der Waals surface area contributed by atoms with Gasteiger partial charge in [0.05, 0.1) is 11.9 Å². The van der Waals surface area contributed by atoms with Crippen molar-refractivity contribution in [2.75, 3.05) is 42.9 Å². The Labute approximate surface area is 187 Å². The van der Waals surface area contributed by atoms with Gasteiger partial charge in [-0.25, -0.2) is 9.78 Å². The molecule has 1 aromatic carbocycles. The lowest BCUT2D eigenvalue weighted by molar-refractivity contribution is 0.0696.